The molecule has 176 valence electrons. The Balaban J connectivity index is 0.00000302. The van der Waals surface area contributed by atoms with Gasteiger partial charge in [0.2, 0.25) is 0 Å². The molecule has 0 aliphatic heterocycles. The SMILES string of the molecule is CSC(=O)C(C)(C)C(C)=C(C)C(C)(C)OC(=O)C(C)(C)C(=O)Cc1ccccc1.[B]CC. The number of hydrogen-bond acceptors (Lipinski definition) is 5. The van der Waals surface area contributed by atoms with Crippen LogP contribution in [0.1, 0.15) is 67.9 Å². The number of thioether (sulfide) groups is 1. The van der Waals surface area contributed by atoms with Gasteiger partial charge in [-0.05, 0) is 72.8 Å². The Morgan fingerprint density at radius 1 is 0.906 bits per heavy atom. The van der Waals surface area contributed by atoms with E-state index in [0.29, 0.717) is 0 Å². The summed E-state index contributed by atoms with van der Waals surface area (Å²) in [6.07, 6.45) is 2.69. The van der Waals surface area contributed by atoms with Gasteiger partial charge in [0.1, 0.15) is 11.0 Å². The van der Waals surface area contributed by atoms with Crippen molar-refractivity contribution in [3.05, 3.63) is 47.0 Å². The smallest absolute Gasteiger partial charge is 0.319 e. The number of ketones is 1. The quantitative estimate of drug-likeness (QED) is 0.207. The zero-order valence-corrected chi connectivity index (χ0v) is 22.2. The number of esters is 1. The molecule has 2 radical (unpaired) electrons. The van der Waals surface area contributed by atoms with E-state index in [2.05, 4.69) is 0 Å². The van der Waals surface area contributed by atoms with Gasteiger partial charge in [0.05, 0.1) is 13.3 Å². The van der Waals surface area contributed by atoms with Crippen LogP contribution in [0.2, 0.25) is 6.32 Å². The van der Waals surface area contributed by atoms with Crippen molar-refractivity contribution in [1.29, 1.82) is 0 Å². The Kier molecular flexibility index (Phi) is 11.7. The Morgan fingerprint density at radius 3 is 1.81 bits per heavy atom. The summed E-state index contributed by atoms with van der Waals surface area (Å²) in [5, 5.41) is 0.0508. The Labute approximate surface area is 200 Å². The van der Waals surface area contributed by atoms with Gasteiger partial charge in [-0.15, -0.1) is 0 Å². The molecule has 0 saturated carbocycles. The number of benzene rings is 1. The summed E-state index contributed by atoms with van der Waals surface area (Å²) in [6, 6.07) is 9.35. The molecule has 1 rings (SSSR count). The fourth-order valence-electron chi connectivity index (χ4n) is 2.88. The van der Waals surface area contributed by atoms with Crippen LogP contribution in [0.15, 0.2) is 41.5 Å². The molecular formula is C26H39BO4S. The average molecular weight is 458 g/mol. The lowest BCUT2D eigenvalue weighted by molar-refractivity contribution is -0.166. The Morgan fingerprint density at radius 2 is 1.38 bits per heavy atom. The third kappa shape index (κ3) is 7.95. The van der Waals surface area contributed by atoms with Crippen LogP contribution in [0, 0.1) is 10.8 Å². The molecule has 0 unspecified atom stereocenters. The van der Waals surface area contributed by atoms with Gasteiger partial charge < -0.3 is 4.74 Å². The van der Waals surface area contributed by atoms with Crippen molar-refractivity contribution in [1.82, 2.24) is 0 Å². The number of Topliss-reactive ketones (excluding diaryl/α,β-unsaturated/α-hetero) is 1. The second-order valence-electron chi connectivity index (χ2n) is 9.39. The second-order valence-corrected chi connectivity index (χ2v) is 10.2. The van der Waals surface area contributed by atoms with Gasteiger partial charge >= 0.3 is 5.97 Å². The molecule has 4 nitrogen and oxygen atoms in total. The van der Waals surface area contributed by atoms with Crippen molar-refractivity contribution >= 4 is 36.5 Å². The van der Waals surface area contributed by atoms with E-state index in [9.17, 15) is 14.4 Å². The fourth-order valence-corrected chi connectivity index (χ4v) is 3.54. The lowest BCUT2D eigenvalue weighted by Gasteiger charge is -2.35. The van der Waals surface area contributed by atoms with Crippen LogP contribution in [0.25, 0.3) is 0 Å². The van der Waals surface area contributed by atoms with Crippen molar-refractivity contribution in [2.45, 2.75) is 80.7 Å². The minimum atomic E-state index is -1.27. The van der Waals surface area contributed by atoms with Crippen LogP contribution in [0.3, 0.4) is 0 Å². The number of rotatable bonds is 8. The number of hydrogen-bond donors (Lipinski definition) is 0. The third-order valence-electron chi connectivity index (χ3n) is 5.86. The topological polar surface area (TPSA) is 60.4 Å². The van der Waals surface area contributed by atoms with Crippen LogP contribution in [-0.4, -0.2) is 36.6 Å². The number of ether oxygens (including phenoxy) is 1. The molecule has 0 amide bonds. The maximum atomic E-state index is 12.9. The van der Waals surface area contributed by atoms with Gasteiger partial charge in [-0.3, -0.25) is 14.4 Å². The summed E-state index contributed by atoms with van der Waals surface area (Å²) < 4.78 is 5.82. The normalized spacial score (nSPS) is 12.8. The van der Waals surface area contributed by atoms with E-state index in [-0.39, 0.29) is 17.3 Å². The zero-order chi connectivity index (χ0) is 25.3. The van der Waals surface area contributed by atoms with E-state index >= 15 is 0 Å². The van der Waals surface area contributed by atoms with E-state index in [4.69, 9.17) is 12.6 Å². The molecule has 0 atom stereocenters. The van der Waals surface area contributed by atoms with Crippen molar-refractivity contribution in [3.8, 4) is 0 Å². The van der Waals surface area contributed by atoms with Crippen molar-refractivity contribution in [3.63, 3.8) is 0 Å². The highest BCUT2D eigenvalue weighted by Gasteiger charge is 2.42. The number of carbonyl (C=O) groups is 3. The molecular weight excluding hydrogens is 419 g/mol. The summed E-state index contributed by atoms with van der Waals surface area (Å²) >= 11 is 1.19. The molecule has 1 aromatic carbocycles. The molecule has 0 fully saturated rings. The predicted molar refractivity (Wildman–Crippen MR) is 136 cm³/mol. The van der Waals surface area contributed by atoms with Gasteiger partial charge in [0, 0.05) is 6.42 Å². The molecule has 0 saturated heterocycles. The summed E-state index contributed by atoms with van der Waals surface area (Å²) in [5.41, 5.74) is -0.353. The van der Waals surface area contributed by atoms with E-state index in [0.717, 1.165) is 23.0 Å². The summed E-state index contributed by atoms with van der Waals surface area (Å²) in [7, 11) is 4.85. The van der Waals surface area contributed by atoms with Crippen LogP contribution >= 0.6 is 11.8 Å². The fraction of sp³-hybridized carbons (Fsp3) is 0.577. The maximum Gasteiger partial charge on any atom is 0.319 e. The van der Waals surface area contributed by atoms with Gasteiger partial charge in [0.15, 0.2) is 10.9 Å². The molecule has 32 heavy (non-hydrogen) atoms. The standard InChI is InChI=1S/C24H34O4S.C2H5B/c1-16(22(3,4)21(27)29-9)17(2)24(7,8)28-20(26)23(5,6)19(25)15-18-13-11-10-12-14-18;1-2-3/h10-14H,15H2,1-9H3;2H2,1H3. The first kappa shape index (κ1) is 30.2. The highest BCUT2D eigenvalue weighted by molar-refractivity contribution is 8.13. The van der Waals surface area contributed by atoms with Crippen LogP contribution < -0.4 is 0 Å². The van der Waals surface area contributed by atoms with E-state index in [1.54, 1.807) is 34.0 Å². The largest absolute Gasteiger partial charge is 0.454 e. The molecule has 0 aliphatic carbocycles. The van der Waals surface area contributed by atoms with Gasteiger partial charge in [-0.2, -0.15) is 0 Å². The zero-order valence-electron chi connectivity index (χ0n) is 21.4. The summed E-state index contributed by atoms with van der Waals surface area (Å²) in [6.45, 7) is 16.2. The van der Waals surface area contributed by atoms with Crippen LogP contribution in [0.4, 0.5) is 0 Å². The minimum absolute atomic E-state index is 0.0508. The number of carbonyl (C=O) groups excluding carboxylic acids is 3. The highest BCUT2D eigenvalue weighted by atomic mass is 32.2. The molecule has 6 heteroatoms. The molecule has 0 heterocycles. The van der Waals surface area contributed by atoms with E-state index in [1.165, 1.54) is 11.8 Å². The van der Waals surface area contributed by atoms with Crippen molar-refractivity contribution < 1.29 is 19.1 Å². The van der Waals surface area contributed by atoms with Crippen LogP contribution in [0.5, 0.6) is 0 Å². The molecule has 0 N–H and O–H groups in total. The first-order chi connectivity index (χ1) is 14.6. The Bertz CT molecular complexity index is 823. The lowest BCUT2D eigenvalue weighted by Crippen LogP contribution is -2.42. The molecule has 1 aromatic rings. The average Bonchev–Trinajstić information content (AvgIpc) is 2.72. The monoisotopic (exact) mass is 458 g/mol. The molecule has 0 spiro atoms. The van der Waals surface area contributed by atoms with Gasteiger partial charge in [-0.25, -0.2) is 0 Å². The van der Waals surface area contributed by atoms with Gasteiger partial charge in [0.25, 0.3) is 0 Å². The molecule has 0 aliphatic rings. The highest BCUT2D eigenvalue weighted by Crippen LogP contribution is 2.38. The summed E-state index contributed by atoms with van der Waals surface area (Å²) in [4.78, 5) is 38.1. The number of allylic oxidation sites excluding steroid dienone is 1. The first-order valence-corrected chi connectivity index (χ1v) is 12.1. The van der Waals surface area contributed by atoms with Crippen LogP contribution in [-0.2, 0) is 25.5 Å². The van der Waals surface area contributed by atoms with E-state index in [1.807, 2.05) is 65.0 Å². The third-order valence-corrected chi connectivity index (χ3v) is 6.74. The van der Waals surface area contributed by atoms with Crippen molar-refractivity contribution in [2.24, 2.45) is 10.8 Å². The predicted octanol–water partition coefficient (Wildman–Crippen LogP) is 5.99. The first-order valence-electron chi connectivity index (χ1n) is 10.9. The van der Waals surface area contributed by atoms with Gasteiger partial charge in [-0.1, -0.05) is 60.9 Å². The summed E-state index contributed by atoms with van der Waals surface area (Å²) in [5.74, 6) is -0.759. The lowest BCUT2D eigenvalue weighted by atomic mass is 9.79. The minimum Gasteiger partial charge on any atom is -0.454 e. The Hall–Kier alpha value is -1.82. The molecule has 0 bridgehead atoms. The maximum absolute atomic E-state index is 12.9. The second kappa shape index (κ2) is 12.4. The molecule has 0 aromatic heterocycles. The van der Waals surface area contributed by atoms with Crippen molar-refractivity contribution in [2.75, 3.05) is 6.26 Å². The van der Waals surface area contributed by atoms with E-state index < -0.39 is 22.4 Å².